The molecule has 0 bridgehead atoms. The first-order valence-corrected chi connectivity index (χ1v) is 22.0. The molecule has 13 rings (SSSR count). The summed E-state index contributed by atoms with van der Waals surface area (Å²) in [6.07, 6.45) is 0. The Morgan fingerprint density at radius 2 is 0.769 bits per heavy atom. The van der Waals surface area contributed by atoms with Crippen LogP contribution in [0.5, 0.6) is 0 Å². The quantitative estimate of drug-likeness (QED) is 0.150. The Kier molecular flexibility index (Phi) is 8.44. The van der Waals surface area contributed by atoms with Gasteiger partial charge in [0.25, 0.3) is 0 Å². The van der Waals surface area contributed by atoms with Gasteiger partial charge in [-0.2, -0.15) is 0 Å². The van der Waals surface area contributed by atoms with Crippen molar-refractivity contribution in [2.75, 3.05) is 0 Å². The maximum Gasteiger partial charge on any atom is 0.143 e. The molecule has 2 nitrogen and oxygen atoms in total. The van der Waals surface area contributed by atoms with Crippen LogP contribution in [0.1, 0.15) is 0 Å². The fourth-order valence-corrected chi connectivity index (χ4v) is 10.1. The molecule has 0 aliphatic rings. The summed E-state index contributed by atoms with van der Waals surface area (Å²) in [7, 11) is 0. The Hall–Kier alpha value is -8.53. The van der Waals surface area contributed by atoms with Crippen LogP contribution >= 0.6 is 0 Å². The lowest BCUT2D eigenvalue weighted by atomic mass is 9.86. The average Bonchev–Trinajstić information content (AvgIpc) is 3.96. The van der Waals surface area contributed by atoms with E-state index in [0.717, 1.165) is 127 Å². The minimum Gasteiger partial charge on any atom is -0.455 e. The summed E-state index contributed by atoms with van der Waals surface area (Å²) >= 11 is 0. The number of fused-ring (bicyclic) bond motifs is 2. The maximum atomic E-state index is 15.5. The third kappa shape index (κ3) is 6.01. The summed E-state index contributed by atoms with van der Waals surface area (Å²) in [5, 5.41) is 7.82. The topological polar surface area (TPSA) is 26.3 Å². The van der Waals surface area contributed by atoms with E-state index < -0.39 is 0 Å². The summed E-state index contributed by atoms with van der Waals surface area (Å²) in [5.74, 6) is 1.32. The fourth-order valence-electron chi connectivity index (χ4n) is 10.1. The van der Waals surface area contributed by atoms with Crippen LogP contribution < -0.4 is 0 Å². The molecule has 0 N–H and O–H groups in total. The molecule has 0 saturated heterocycles. The highest BCUT2D eigenvalue weighted by Gasteiger charge is 2.25. The van der Waals surface area contributed by atoms with E-state index >= 15 is 4.39 Å². The van der Waals surface area contributed by atoms with Crippen molar-refractivity contribution in [3.05, 3.63) is 230 Å². The molecule has 0 atom stereocenters. The Labute approximate surface area is 374 Å². The monoisotopic (exact) mass is 832 g/mol. The largest absolute Gasteiger partial charge is 0.455 e. The van der Waals surface area contributed by atoms with Crippen LogP contribution in [0.4, 0.5) is 4.39 Å². The zero-order valence-electron chi connectivity index (χ0n) is 35.1. The van der Waals surface area contributed by atoms with Gasteiger partial charge in [-0.3, -0.25) is 0 Å². The average molecular weight is 833 g/mol. The first kappa shape index (κ1) is 37.1. The van der Waals surface area contributed by atoms with E-state index in [1.54, 1.807) is 6.07 Å². The molecule has 0 aliphatic carbocycles. The van der Waals surface area contributed by atoms with Crippen LogP contribution in [0.2, 0.25) is 0 Å². The van der Waals surface area contributed by atoms with Crippen LogP contribution in [0.15, 0.2) is 233 Å². The molecule has 13 aromatic rings. The van der Waals surface area contributed by atoms with Gasteiger partial charge < -0.3 is 8.83 Å². The molecule has 0 saturated carbocycles. The molecule has 2 heterocycles. The summed E-state index contributed by atoms with van der Waals surface area (Å²) < 4.78 is 29.6. The first-order valence-electron chi connectivity index (χ1n) is 22.0. The predicted octanol–water partition coefficient (Wildman–Crippen LogP) is 17.9. The smallest absolute Gasteiger partial charge is 0.143 e. The van der Waals surface area contributed by atoms with E-state index in [-0.39, 0.29) is 5.82 Å². The minimum absolute atomic E-state index is 0.219. The Balaban J connectivity index is 1.12. The molecule has 0 aliphatic heterocycles. The highest BCUT2D eigenvalue weighted by atomic mass is 19.1. The standard InChI is InChI=1S/C62H37FO2/c63-54-33-28-42-25-30-48-47(29-24-41-26-32-50(54)58(42)57(41)48)44-34-45(61-59(40-18-8-3-9-19-40)51-20-10-12-22-55(51)64-61)36-46(35-44)62-60(52-21-11-13-23-56(52)65-62)49-31-27-43(38-14-4-1-5-15-38)37-53(49)39-16-6-2-7-17-39/h1-37H. The molecular formula is C62H37FO2. The molecule has 0 amide bonds. The van der Waals surface area contributed by atoms with Crippen molar-refractivity contribution in [1.29, 1.82) is 0 Å². The zero-order chi connectivity index (χ0) is 43.0. The highest BCUT2D eigenvalue weighted by Crippen LogP contribution is 2.50. The Morgan fingerprint density at radius 3 is 1.45 bits per heavy atom. The summed E-state index contributed by atoms with van der Waals surface area (Å²) in [4.78, 5) is 0. The van der Waals surface area contributed by atoms with Gasteiger partial charge in [0, 0.05) is 43.8 Å². The second-order valence-electron chi connectivity index (χ2n) is 16.8. The molecule has 304 valence electrons. The SMILES string of the molecule is Fc1ccc2ccc3c(-c4cc(-c5oc6ccccc6c5-c5ccccc5)cc(-c5oc6ccccc6c5-c5ccc(-c6ccccc6)cc5-c5ccccc5)c4)ccc4ccc1c2c43. The van der Waals surface area contributed by atoms with Gasteiger partial charge in [-0.1, -0.05) is 182 Å². The van der Waals surface area contributed by atoms with Crippen LogP contribution in [-0.4, -0.2) is 0 Å². The highest BCUT2D eigenvalue weighted by molar-refractivity contribution is 6.25. The van der Waals surface area contributed by atoms with Gasteiger partial charge in [0.2, 0.25) is 0 Å². The summed E-state index contributed by atoms with van der Waals surface area (Å²) in [5.41, 5.74) is 14.2. The zero-order valence-corrected chi connectivity index (χ0v) is 35.1. The van der Waals surface area contributed by atoms with E-state index in [0.29, 0.717) is 5.39 Å². The van der Waals surface area contributed by atoms with Crippen LogP contribution in [-0.2, 0) is 0 Å². The third-order valence-electron chi connectivity index (χ3n) is 13.1. The molecule has 65 heavy (non-hydrogen) atoms. The van der Waals surface area contributed by atoms with Crippen molar-refractivity contribution in [2.45, 2.75) is 0 Å². The second-order valence-corrected chi connectivity index (χ2v) is 16.8. The normalized spacial score (nSPS) is 11.8. The van der Waals surface area contributed by atoms with Crippen LogP contribution in [0.3, 0.4) is 0 Å². The molecule has 0 spiro atoms. The van der Waals surface area contributed by atoms with Gasteiger partial charge in [0.05, 0.1) is 0 Å². The van der Waals surface area contributed by atoms with Crippen molar-refractivity contribution in [1.82, 2.24) is 0 Å². The third-order valence-corrected chi connectivity index (χ3v) is 13.1. The number of para-hydroxylation sites is 2. The van der Waals surface area contributed by atoms with E-state index in [2.05, 4.69) is 176 Å². The van der Waals surface area contributed by atoms with Gasteiger partial charge in [0.15, 0.2) is 0 Å². The second kappa shape index (κ2) is 14.8. The summed E-state index contributed by atoms with van der Waals surface area (Å²) in [6.45, 7) is 0. The molecule has 0 radical (unpaired) electrons. The number of benzene rings is 11. The van der Waals surface area contributed by atoms with Crippen molar-refractivity contribution < 1.29 is 13.2 Å². The van der Waals surface area contributed by atoms with E-state index in [1.807, 2.05) is 42.5 Å². The lowest BCUT2D eigenvalue weighted by Crippen LogP contribution is -1.92. The van der Waals surface area contributed by atoms with Gasteiger partial charge >= 0.3 is 0 Å². The molecular weight excluding hydrogens is 796 g/mol. The van der Waals surface area contributed by atoms with Crippen LogP contribution in [0.25, 0.3) is 133 Å². The van der Waals surface area contributed by atoms with Crippen molar-refractivity contribution in [2.24, 2.45) is 0 Å². The molecule has 0 unspecified atom stereocenters. The number of halogens is 1. The molecule has 3 heteroatoms. The van der Waals surface area contributed by atoms with Gasteiger partial charge in [-0.05, 0) is 109 Å². The maximum absolute atomic E-state index is 15.5. The van der Waals surface area contributed by atoms with Crippen molar-refractivity contribution in [3.8, 4) is 78.3 Å². The van der Waals surface area contributed by atoms with Crippen molar-refractivity contribution >= 4 is 54.3 Å². The minimum atomic E-state index is -0.219. The van der Waals surface area contributed by atoms with Gasteiger partial charge in [-0.25, -0.2) is 4.39 Å². The number of hydrogen-bond donors (Lipinski definition) is 0. The van der Waals surface area contributed by atoms with Crippen LogP contribution in [0, 0.1) is 5.82 Å². The molecule has 0 fully saturated rings. The number of hydrogen-bond acceptors (Lipinski definition) is 2. The molecule has 2 aromatic heterocycles. The number of rotatable bonds is 7. The fraction of sp³-hybridized carbons (Fsp3) is 0. The van der Waals surface area contributed by atoms with Crippen molar-refractivity contribution in [3.63, 3.8) is 0 Å². The first-order chi connectivity index (χ1) is 32.1. The molecule has 11 aromatic carbocycles. The van der Waals surface area contributed by atoms with Gasteiger partial charge in [0.1, 0.15) is 28.5 Å². The number of furan rings is 2. The lowest BCUT2D eigenvalue weighted by molar-refractivity contribution is 0.630. The van der Waals surface area contributed by atoms with E-state index in [4.69, 9.17) is 8.83 Å². The van der Waals surface area contributed by atoms with E-state index in [1.165, 1.54) is 0 Å². The Morgan fingerprint density at radius 1 is 0.277 bits per heavy atom. The Bertz CT molecular complexity index is 3940. The lowest BCUT2D eigenvalue weighted by Gasteiger charge is -2.17. The van der Waals surface area contributed by atoms with Gasteiger partial charge in [-0.15, -0.1) is 0 Å². The summed E-state index contributed by atoms with van der Waals surface area (Å²) in [6, 6.07) is 77.8. The van der Waals surface area contributed by atoms with E-state index in [9.17, 15) is 0 Å². The predicted molar refractivity (Wildman–Crippen MR) is 268 cm³/mol.